The minimum atomic E-state index is -0.186. The van der Waals surface area contributed by atoms with Gasteiger partial charge < -0.3 is 9.47 Å². The van der Waals surface area contributed by atoms with Crippen LogP contribution in [0.25, 0.3) is 0 Å². The van der Waals surface area contributed by atoms with Gasteiger partial charge in [0, 0.05) is 31.2 Å². The highest BCUT2D eigenvalue weighted by Crippen LogP contribution is 2.40. The van der Waals surface area contributed by atoms with E-state index in [1.807, 2.05) is 0 Å². The number of hydrogen-bond acceptors (Lipinski definition) is 3. The largest absolute Gasteiger partial charge is 0.381 e. The second-order valence-electron chi connectivity index (χ2n) is 6.44. The maximum Gasteiger partial charge on any atom is 0.141 e. The molecule has 1 spiro atoms. The van der Waals surface area contributed by atoms with Gasteiger partial charge in [-0.05, 0) is 32.1 Å². The van der Waals surface area contributed by atoms with E-state index in [2.05, 4.69) is 20.8 Å². The normalized spacial score (nSPS) is 28.3. The summed E-state index contributed by atoms with van der Waals surface area (Å²) >= 11 is 0. The molecule has 2 heterocycles. The number of carbonyl (C=O) groups excluding carboxylic acids is 1. The number of carbonyl (C=O) groups is 1. The monoisotopic (exact) mass is 254 g/mol. The van der Waals surface area contributed by atoms with Crippen molar-refractivity contribution in [1.29, 1.82) is 0 Å². The molecule has 3 nitrogen and oxygen atoms in total. The molecule has 1 atom stereocenters. The van der Waals surface area contributed by atoms with Crippen LogP contribution in [0.2, 0.25) is 0 Å². The number of ether oxygens (including phenoxy) is 2. The van der Waals surface area contributed by atoms with Crippen LogP contribution < -0.4 is 0 Å². The highest BCUT2D eigenvalue weighted by Gasteiger charge is 2.43. The lowest BCUT2D eigenvalue weighted by Gasteiger charge is -2.44. The minimum absolute atomic E-state index is 0.0688. The zero-order valence-electron chi connectivity index (χ0n) is 12.0. The Labute approximate surface area is 110 Å². The van der Waals surface area contributed by atoms with Crippen LogP contribution in [0.15, 0.2) is 0 Å². The summed E-state index contributed by atoms with van der Waals surface area (Å²) < 4.78 is 11.4. The first-order chi connectivity index (χ1) is 8.49. The first-order valence-electron chi connectivity index (χ1n) is 7.25. The van der Waals surface area contributed by atoms with Gasteiger partial charge in [0.1, 0.15) is 5.78 Å². The molecule has 1 unspecified atom stereocenters. The Morgan fingerprint density at radius 2 is 1.94 bits per heavy atom. The minimum Gasteiger partial charge on any atom is -0.381 e. The Bertz CT molecular complexity index is 297. The lowest BCUT2D eigenvalue weighted by Crippen LogP contribution is -2.47. The summed E-state index contributed by atoms with van der Waals surface area (Å²) in [5.74, 6) is 0.617. The summed E-state index contributed by atoms with van der Waals surface area (Å²) in [4.78, 5) is 12.6. The van der Waals surface area contributed by atoms with Gasteiger partial charge in [-0.3, -0.25) is 4.79 Å². The van der Waals surface area contributed by atoms with Gasteiger partial charge in [0.15, 0.2) is 0 Å². The van der Waals surface area contributed by atoms with Crippen LogP contribution in [0.1, 0.15) is 52.9 Å². The Kier molecular flexibility index (Phi) is 4.12. The molecule has 18 heavy (non-hydrogen) atoms. The van der Waals surface area contributed by atoms with Gasteiger partial charge in [0.25, 0.3) is 0 Å². The van der Waals surface area contributed by atoms with Crippen molar-refractivity contribution in [3.63, 3.8) is 0 Å². The number of hydrogen-bond donors (Lipinski definition) is 0. The van der Waals surface area contributed by atoms with Crippen molar-refractivity contribution in [3.05, 3.63) is 0 Å². The molecule has 0 saturated carbocycles. The molecule has 2 saturated heterocycles. The van der Waals surface area contributed by atoms with Gasteiger partial charge in [-0.2, -0.15) is 0 Å². The molecule has 0 bridgehead atoms. The van der Waals surface area contributed by atoms with E-state index in [9.17, 15) is 4.79 Å². The summed E-state index contributed by atoms with van der Waals surface area (Å²) in [5, 5.41) is 0. The number of rotatable bonds is 3. The van der Waals surface area contributed by atoms with Crippen LogP contribution in [-0.4, -0.2) is 31.2 Å². The van der Waals surface area contributed by atoms with Crippen molar-refractivity contribution in [2.75, 3.05) is 19.8 Å². The second-order valence-corrected chi connectivity index (χ2v) is 6.44. The standard InChI is InChI=1S/C15H26O3/c1-4-14(2,3)13(16)12-5-8-18-15(11-12)6-9-17-10-7-15/h12H,4-11H2,1-3H3. The Hall–Kier alpha value is -0.410. The van der Waals surface area contributed by atoms with Crippen molar-refractivity contribution in [2.45, 2.75) is 58.5 Å². The molecule has 2 rings (SSSR count). The van der Waals surface area contributed by atoms with Gasteiger partial charge >= 0.3 is 0 Å². The van der Waals surface area contributed by atoms with Gasteiger partial charge in [-0.1, -0.05) is 20.8 Å². The van der Waals surface area contributed by atoms with Crippen molar-refractivity contribution < 1.29 is 14.3 Å². The molecule has 2 aliphatic rings. The van der Waals surface area contributed by atoms with E-state index < -0.39 is 0 Å². The molecule has 0 radical (unpaired) electrons. The fourth-order valence-corrected chi connectivity index (χ4v) is 3.07. The summed E-state index contributed by atoms with van der Waals surface area (Å²) in [6, 6.07) is 0. The molecular formula is C15H26O3. The summed E-state index contributed by atoms with van der Waals surface area (Å²) in [5.41, 5.74) is -0.255. The van der Waals surface area contributed by atoms with Gasteiger partial charge in [0.05, 0.1) is 5.60 Å². The van der Waals surface area contributed by atoms with E-state index in [1.165, 1.54) is 0 Å². The van der Waals surface area contributed by atoms with Crippen molar-refractivity contribution in [3.8, 4) is 0 Å². The third kappa shape index (κ3) is 2.77. The number of ketones is 1. The SMILES string of the molecule is CCC(C)(C)C(=O)C1CCOC2(CCOCC2)C1. The molecule has 2 aliphatic heterocycles. The topological polar surface area (TPSA) is 35.5 Å². The van der Waals surface area contributed by atoms with E-state index in [1.54, 1.807) is 0 Å². The zero-order chi connectivity index (χ0) is 13.2. The van der Waals surface area contributed by atoms with Crippen LogP contribution in [0.5, 0.6) is 0 Å². The van der Waals surface area contributed by atoms with E-state index in [0.29, 0.717) is 5.78 Å². The average molecular weight is 254 g/mol. The quantitative estimate of drug-likeness (QED) is 0.776. The molecule has 0 aromatic carbocycles. The molecule has 0 amide bonds. The molecule has 0 N–H and O–H groups in total. The highest BCUT2D eigenvalue weighted by atomic mass is 16.5. The van der Waals surface area contributed by atoms with Crippen molar-refractivity contribution in [1.82, 2.24) is 0 Å². The van der Waals surface area contributed by atoms with Crippen LogP contribution in [0.3, 0.4) is 0 Å². The van der Waals surface area contributed by atoms with Crippen molar-refractivity contribution in [2.24, 2.45) is 11.3 Å². The molecule has 0 aromatic heterocycles. The summed E-state index contributed by atoms with van der Waals surface area (Å²) in [7, 11) is 0. The third-order valence-electron chi connectivity index (χ3n) is 4.82. The lowest BCUT2D eigenvalue weighted by molar-refractivity contribution is -0.161. The first kappa shape index (κ1) is 14.0. The van der Waals surface area contributed by atoms with Gasteiger partial charge in [-0.15, -0.1) is 0 Å². The third-order valence-corrected chi connectivity index (χ3v) is 4.82. The smallest absolute Gasteiger partial charge is 0.141 e. The predicted octanol–water partition coefficient (Wildman–Crippen LogP) is 2.97. The Morgan fingerprint density at radius 3 is 2.56 bits per heavy atom. The summed E-state index contributed by atoms with van der Waals surface area (Å²) in [6.07, 6.45) is 4.61. The van der Waals surface area contributed by atoms with Gasteiger partial charge in [-0.25, -0.2) is 0 Å². The summed E-state index contributed by atoms with van der Waals surface area (Å²) in [6.45, 7) is 8.52. The van der Waals surface area contributed by atoms with Crippen LogP contribution in [0, 0.1) is 11.3 Å². The molecule has 3 heteroatoms. The maximum absolute atomic E-state index is 12.6. The average Bonchev–Trinajstić information content (AvgIpc) is 2.39. The Balaban J connectivity index is 2.04. The maximum atomic E-state index is 12.6. The van der Waals surface area contributed by atoms with Gasteiger partial charge in [0.2, 0.25) is 0 Å². The van der Waals surface area contributed by atoms with Crippen LogP contribution >= 0.6 is 0 Å². The predicted molar refractivity (Wildman–Crippen MR) is 70.5 cm³/mol. The number of Topliss-reactive ketones (excluding diaryl/α,β-unsaturated/α-hetero) is 1. The highest BCUT2D eigenvalue weighted by molar-refractivity contribution is 5.86. The van der Waals surface area contributed by atoms with Crippen LogP contribution in [0.4, 0.5) is 0 Å². The van der Waals surface area contributed by atoms with Crippen LogP contribution in [-0.2, 0) is 14.3 Å². The molecule has 0 aromatic rings. The van der Waals surface area contributed by atoms with Crippen molar-refractivity contribution >= 4 is 5.78 Å². The molecule has 104 valence electrons. The lowest BCUT2D eigenvalue weighted by atomic mass is 9.72. The first-order valence-corrected chi connectivity index (χ1v) is 7.25. The zero-order valence-corrected chi connectivity index (χ0v) is 12.0. The fraction of sp³-hybridized carbons (Fsp3) is 0.933. The van der Waals surface area contributed by atoms with E-state index in [-0.39, 0.29) is 16.9 Å². The van der Waals surface area contributed by atoms with E-state index in [0.717, 1.165) is 51.9 Å². The molecular weight excluding hydrogens is 228 g/mol. The fourth-order valence-electron chi connectivity index (χ4n) is 3.07. The molecule has 0 aliphatic carbocycles. The molecule has 2 fully saturated rings. The second kappa shape index (κ2) is 5.30. The Morgan fingerprint density at radius 1 is 1.28 bits per heavy atom. The van der Waals surface area contributed by atoms with E-state index >= 15 is 0 Å². The van der Waals surface area contributed by atoms with E-state index in [4.69, 9.17) is 9.47 Å².